The van der Waals surface area contributed by atoms with Gasteiger partial charge < -0.3 is 5.73 Å². The van der Waals surface area contributed by atoms with Crippen LogP contribution in [0.15, 0.2) is 24.3 Å². The van der Waals surface area contributed by atoms with Gasteiger partial charge in [-0.1, -0.05) is 37.1 Å². The van der Waals surface area contributed by atoms with Crippen LogP contribution in [0.25, 0.3) is 0 Å². The first-order valence-electron chi connectivity index (χ1n) is 7.38. The van der Waals surface area contributed by atoms with Gasteiger partial charge in [0.15, 0.2) is 0 Å². The van der Waals surface area contributed by atoms with Crippen molar-refractivity contribution in [3.63, 3.8) is 0 Å². The number of nitrogens with zero attached hydrogens (tertiary/aromatic N) is 1. The summed E-state index contributed by atoms with van der Waals surface area (Å²) in [4.78, 5) is 0. The van der Waals surface area contributed by atoms with Crippen LogP contribution in [-0.4, -0.2) is 31.6 Å². The Bertz CT molecular complexity index is 528. The van der Waals surface area contributed by atoms with Crippen molar-refractivity contribution in [3.8, 4) is 0 Å². The van der Waals surface area contributed by atoms with Gasteiger partial charge in [0, 0.05) is 13.1 Å². The van der Waals surface area contributed by atoms with Gasteiger partial charge in [0.25, 0.3) is 0 Å². The molecule has 2 N–H and O–H groups in total. The third-order valence-electron chi connectivity index (χ3n) is 3.85. The normalized spacial score (nSPS) is 16.1. The van der Waals surface area contributed by atoms with Crippen LogP contribution in [0.4, 0.5) is 0 Å². The smallest absolute Gasteiger partial charge is 0.214 e. The number of nitrogens with two attached hydrogens (primary N) is 1. The Hall–Kier alpha value is -0.910. The van der Waals surface area contributed by atoms with Crippen molar-refractivity contribution in [1.29, 1.82) is 0 Å². The van der Waals surface area contributed by atoms with Gasteiger partial charge >= 0.3 is 0 Å². The molecule has 0 radical (unpaired) electrons. The Morgan fingerprint density at radius 2 is 1.75 bits per heavy atom. The highest BCUT2D eigenvalue weighted by molar-refractivity contribution is 7.89. The average Bonchev–Trinajstić information content (AvgIpc) is 2.46. The lowest BCUT2D eigenvalue weighted by molar-refractivity contribution is 0.390. The van der Waals surface area contributed by atoms with Crippen LogP contribution < -0.4 is 5.73 Å². The van der Waals surface area contributed by atoms with Gasteiger partial charge in [0.05, 0.1) is 5.75 Å². The zero-order valence-corrected chi connectivity index (χ0v) is 12.7. The number of hydrogen-bond acceptors (Lipinski definition) is 3. The summed E-state index contributed by atoms with van der Waals surface area (Å²) in [5, 5.41) is 0. The monoisotopic (exact) mass is 296 g/mol. The highest BCUT2D eigenvalue weighted by Crippen LogP contribution is 2.21. The Morgan fingerprint density at radius 1 is 1.05 bits per heavy atom. The number of hydrogen-bond donors (Lipinski definition) is 1. The molecule has 1 aromatic carbocycles. The quantitative estimate of drug-likeness (QED) is 0.782. The fourth-order valence-electron chi connectivity index (χ4n) is 2.62. The summed E-state index contributed by atoms with van der Waals surface area (Å²) in [7, 11) is -3.11. The zero-order chi connectivity index (χ0) is 14.4. The van der Waals surface area contributed by atoms with E-state index in [1.807, 2.05) is 18.2 Å². The summed E-state index contributed by atoms with van der Waals surface area (Å²) >= 11 is 0. The highest BCUT2D eigenvalue weighted by Gasteiger charge is 2.25. The Kier molecular flexibility index (Phi) is 5.57. The van der Waals surface area contributed by atoms with Crippen molar-refractivity contribution in [2.45, 2.75) is 38.6 Å². The van der Waals surface area contributed by atoms with Gasteiger partial charge in [-0.3, -0.25) is 0 Å². The van der Waals surface area contributed by atoms with Gasteiger partial charge in [-0.15, -0.1) is 0 Å². The first kappa shape index (κ1) is 15.5. The predicted molar refractivity (Wildman–Crippen MR) is 81.9 cm³/mol. The fraction of sp³-hybridized carbons (Fsp3) is 0.600. The van der Waals surface area contributed by atoms with Crippen LogP contribution in [0.2, 0.25) is 0 Å². The second-order valence-electron chi connectivity index (χ2n) is 5.37. The lowest BCUT2D eigenvalue weighted by Crippen LogP contribution is -2.37. The van der Waals surface area contributed by atoms with Crippen LogP contribution in [0.1, 0.15) is 36.8 Å². The lowest BCUT2D eigenvalue weighted by atomic mass is 10.0. The molecule has 112 valence electrons. The Balaban J connectivity index is 1.88. The van der Waals surface area contributed by atoms with E-state index in [-0.39, 0.29) is 5.75 Å². The van der Waals surface area contributed by atoms with E-state index in [0.29, 0.717) is 19.6 Å². The van der Waals surface area contributed by atoms with Crippen LogP contribution in [0, 0.1) is 0 Å². The number of benzene rings is 1. The molecular formula is C15H24N2O2S. The summed E-state index contributed by atoms with van der Waals surface area (Å²) in [6, 6.07) is 8.10. The number of unbranched alkanes of at least 4 members (excludes halogenated alkanes) is 3. The maximum absolute atomic E-state index is 12.3. The predicted octanol–water partition coefficient (Wildman–Crippen LogP) is 1.89. The minimum atomic E-state index is -3.11. The summed E-state index contributed by atoms with van der Waals surface area (Å²) in [6.07, 6.45) is 4.51. The van der Waals surface area contributed by atoms with Crippen molar-refractivity contribution < 1.29 is 8.42 Å². The SMILES string of the molecule is NCCCCCCS(=O)(=O)N1CCc2ccccc2C1. The van der Waals surface area contributed by atoms with E-state index >= 15 is 0 Å². The fourth-order valence-corrected chi connectivity index (χ4v) is 4.15. The highest BCUT2D eigenvalue weighted by atomic mass is 32.2. The molecule has 4 nitrogen and oxygen atoms in total. The molecule has 1 aliphatic rings. The second kappa shape index (κ2) is 7.20. The minimum absolute atomic E-state index is 0.264. The van der Waals surface area contributed by atoms with Gasteiger partial charge in [0.1, 0.15) is 0 Å². The second-order valence-corrected chi connectivity index (χ2v) is 7.46. The van der Waals surface area contributed by atoms with E-state index in [1.54, 1.807) is 4.31 Å². The van der Waals surface area contributed by atoms with Crippen LogP contribution in [0.5, 0.6) is 0 Å². The van der Waals surface area contributed by atoms with Crippen LogP contribution in [-0.2, 0) is 23.0 Å². The van der Waals surface area contributed by atoms with Crippen molar-refractivity contribution in [3.05, 3.63) is 35.4 Å². The molecule has 0 aromatic heterocycles. The summed E-state index contributed by atoms with van der Waals surface area (Å²) in [5.41, 5.74) is 7.86. The molecule has 0 amide bonds. The van der Waals surface area contributed by atoms with E-state index in [0.717, 1.165) is 37.7 Å². The molecule has 0 saturated heterocycles. The van der Waals surface area contributed by atoms with Crippen molar-refractivity contribution in [2.24, 2.45) is 5.73 Å². The molecule has 0 spiro atoms. The topological polar surface area (TPSA) is 63.4 Å². The van der Waals surface area contributed by atoms with Crippen LogP contribution >= 0.6 is 0 Å². The molecule has 0 unspecified atom stereocenters. The Morgan fingerprint density at radius 3 is 2.50 bits per heavy atom. The van der Waals surface area contributed by atoms with Crippen molar-refractivity contribution >= 4 is 10.0 Å². The minimum Gasteiger partial charge on any atom is -0.330 e. The molecule has 0 bridgehead atoms. The van der Waals surface area contributed by atoms with Crippen molar-refractivity contribution in [1.82, 2.24) is 4.31 Å². The molecule has 0 aliphatic carbocycles. The van der Waals surface area contributed by atoms with Gasteiger partial charge in [0.2, 0.25) is 10.0 Å². The average molecular weight is 296 g/mol. The van der Waals surface area contributed by atoms with E-state index < -0.39 is 10.0 Å². The van der Waals surface area contributed by atoms with E-state index in [1.165, 1.54) is 5.56 Å². The number of sulfonamides is 1. The molecule has 1 aromatic rings. The molecule has 1 aliphatic heterocycles. The maximum Gasteiger partial charge on any atom is 0.214 e. The summed E-state index contributed by atoms with van der Waals surface area (Å²) in [6.45, 7) is 1.83. The molecule has 20 heavy (non-hydrogen) atoms. The molecule has 5 heteroatoms. The van der Waals surface area contributed by atoms with Crippen LogP contribution in [0.3, 0.4) is 0 Å². The molecule has 0 saturated carbocycles. The number of rotatable bonds is 7. The molecule has 0 fully saturated rings. The third-order valence-corrected chi connectivity index (χ3v) is 5.75. The van der Waals surface area contributed by atoms with Gasteiger partial charge in [-0.2, -0.15) is 4.31 Å². The molecule has 1 heterocycles. The summed E-state index contributed by atoms with van der Waals surface area (Å²) in [5.74, 6) is 0.264. The molecular weight excluding hydrogens is 272 g/mol. The lowest BCUT2D eigenvalue weighted by Gasteiger charge is -2.28. The standard InChI is InChI=1S/C15H24N2O2S/c16-10-5-1-2-6-12-20(18,19)17-11-9-14-7-3-4-8-15(14)13-17/h3-4,7-8H,1-2,5-6,9-13,16H2. The van der Waals surface area contributed by atoms with Crippen molar-refractivity contribution in [2.75, 3.05) is 18.8 Å². The Labute approximate surface area is 122 Å². The van der Waals surface area contributed by atoms with E-state index in [2.05, 4.69) is 6.07 Å². The third kappa shape index (κ3) is 4.04. The van der Waals surface area contributed by atoms with E-state index in [9.17, 15) is 8.42 Å². The van der Waals surface area contributed by atoms with Gasteiger partial charge in [-0.25, -0.2) is 8.42 Å². The summed E-state index contributed by atoms with van der Waals surface area (Å²) < 4.78 is 26.3. The first-order chi connectivity index (χ1) is 9.63. The molecule has 2 rings (SSSR count). The zero-order valence-electron chi connectivity index (χ0n) is 11.9. The first-order valence-corrected chi connectivity index (χ1v) is 8.99. The molecule has 0 atom stereocenters. The maximum atomic E-state index is 12.3. The van der Waals surface area contributed by atoms with E-state index in [4.69, 9.17) is 5.73 Å². The largest absolute Gasteiger partial charge is 0.330 e. The van der Waals surface area contributed by atoms with Gasteiger partial charge in [-0.05, 0) is 36.9 Å². The number of fused-ring (bicyclic) bond motifs is 1.